The van der Waals surface area contributed by atoms with Crippen LogP contribution >= 0.6 is 0 Å². The molecule has 0 aliphatic rings. The Morgan fingerprint density at radius 2 is 2.07 bits per heavy atom. The predicted octanol–water partition coefficient (Wildman–Crippen LogP) is 3.22. The minimum absolute atomic E-state index is 0.751. The van der Waals surface area contributed by atoms with E-state index in [1.54, 1.807) is 0 Å². The maximum absolute atomic E-state index is 8.95. The van der Waals surface area contributed by atoms with E-state index in [-0.39, 0.29) is 0 Å². The lowest BCUT2D eigenvalue weighted by Gasteiger charge is -2.00. The summed E-state index contributed by atoms with van der Waals surface area (Å²) in [5.74, 6) is 0. The van der Waals surface area contributed by atoms with Crippen LogP contribution in [0.15, 0.2) is 12.1 Å². The topological polar surface area (TPSA) is 39.6 Å². The van der Waals surface area contributed by atoms with Crippen LogP contribution < -0.4 is 0 Å². The van der Waals surface area contributed by atoms with E-state index in [0.29, 0.717) is 0 Å². The van der Waals surface area contributed by atoms with E-state index in [1.165, 1.54) is 27.7 Å². The largest absolute Gasteiger partial charge is 0.358 e. The van der Waals surface area contributed by atoms with Crippen LogP contribution in [0.4, 0.5) is 0 Å². The second-order valence-electron chi connectivity index (χ2n) is 3.90. The first-order chi connectivity index (χ1) is 7.17. The van der Waals surface area contributed by atoms with Crippen molar-refractivity contribution in [2.45, 2.75) is 27.2 Å². The summed E-state index contributed by atoms with van der Waals surface area (Å²) in [5.41, 5.74) is 5.60. The molecule has 1 heterocycles. The Morgan fingerprint density at radius 3 is 2.67 bits per heavy atom. The number of hydrogen-bond donors (Lipinski definition) is 1. The Morgan fingerprint density at radius 1 is 1.33 bits per heavy atom. The fraction of sp³-hybridized carbons (Fsp3) is 0.308. The zero-order valence-corrected chi connectivity index (χ0v) is 9.31. The summed E-state index contributed by atoms with van der Waals surface area (Å²) in [6, 6.07) is 6.15. The van der Waals surface area contributed by atoms with Crippen LogP contribution in [0.3, 0.4) is 0 Å². The molecule has 0 atom stereocenters. The molecule has 76 valence electrons. The van der Waals surface area contributed by atoms with E-state index in [4.69, 9.17) is 5.26 Å². The van der Waals surface area contributed by atoms with Gasteiger partial charge in [0.2, 0.25) is 0 Å². The highest BCUT2D eigenvalue weighted by Gasteiger charge is 2.09. The Hall–Kier alpha value is -1.75. The quantitative estimate of drug-likeness (QED) is 0.750. The average Bonchev–Trinajstić information content (AvgIpc) is 2.54. The van der Waals surface area contributed by atoms with Crippen molar-refractivity contribution >= 4 is 10.9 Å². The van der Waals surface area contributed by atoms with Gasteiger partial charge >= 0.3 is 0 Å². The van der Waals surface area contributed by atoms with E-state index in [9.17, 15) is 0 Å². The molecule has 0 radical (unpaired) electrons. The molecule has 0 amide bonds. The van der Waals surface area contributed by atoms with Crippen molar-refractivity contribution in [3.63, 3.8) is 0 Å². The second-order valence-corrected chi connectivity index (χ2v) is 3.90. The van der Waals surface area contributed by atoms with E-state index in [0.717, 1.165) is 12.0 Å². The maximum Gasteiger partial charge on any atom is 0.0991 e. The third-order valence-electron chi connectivity index (χ3n) is 3.01. The molecule has 0 unspecified atom stereocenters. The first kappa shape index (κ1) is 9.79. The van der Waals surface area contributed by atoms with Crippen molar-refractivity contribution in [3.8, 4) is 6.07 Å². The van der Waals surface area contributed by atoms with Gasteiger partial charge in [-0.1, -0.05) is 6.92 Å². The number of aryl methyl sites for hydroxylation is 3. The van der Waals surface area contributed by atoms with Crippen molar-refractivity contribution in [2.24, 2.45) is 0 Å². The van der Waals surface area contributed by atoms with Gasteiger partial charge in [0.05, 0.1) is 11.6 Å². The summed E-state index contributed by atoms with van der Waals surface area (Å²) in [6.45, 7) is 6.27. The van der Waals surface area contributed by atoms with Crippen LogP contribution in [0.5, 0.6) is 0 Å². The van der Waals surface area contributed by atoms with Crippen molar-refractivity contribution < 1.29 is 0 Å². The van der Waals surface area contributed by atoms with Crippen LogP contribution in [0.1, 0.15) is 29.3 Å². The molecule has 0 aliphatic heterocycles. The highest BCUT2D eigenvalue weighted by atomic mass is 14.7. The molecule has 1 aromatic heterocycles. The van der Waals surface area contributed by atoms with E-state index >= 15 is 0 Å². The minimum Gasteiger partial charge on any atom is -0.358 e. The lowest BCUT2D eigenvalue weighted by atomic mass is 10.0. The molecule has 0 fully saturated rings. The van der Waals surface area contributed by atoms with Crippen molar-refractivity contribution in [1.82, 2.24) is 4.98 Å². The Kier molecular flexibility index (Phi) is 2.24. The third-order valence-corrected chi connectivity index (χ3v) is 3.01. The smallest absolute Gasteiger partial charge is 0.0991 e. The number of nitriles is 1. The number of nitrogens with one attached hydrogen (secondary N) is 1. The van der Waals surface area contributed by atoms with Gasteiger partial charge in [0, 0.05) is 16.6 Å². The molecule has 2 nitrogen and oxygen atoms in total. The number of hydrogen-bond acceptors (Lipinski definition) is 1. The number of rotatable bonds is 1. The van der Waals surface area contributed by atoms with Gasteiger partial charge in [-0.05, 0) is 43.5 Å². The van der Waals surface area contributed by atoms with Crippen molar-refractivity contribution in [3.05, 3.63) is 34.5 Å². The van der Waals surface area contributed by atoms with Gasteiger partial charge < -0.3 is 4.98 Å². The van der Waals surface area contributed by atoms with E-state index < -0.39 is 0 Å². The zero-order valence-electron chi connectivity index (χ0n) is 9.31. The lowest BCUT2D eigenvalue weighted by Crippen LogP contribution is -1.85. The maximum atomic E-state index is 8.95. The van der Waals surface area contributed by atoms with Crippen LogP contribution in [0, 0.1) is 25.2 Å². The Bertz CT molecular complexity index is 556. The summed E-state index contributed by atoms with van der Waals surface area (Å²) < 4.78 is 0. The van der Waals surface area contributed by atoms with Crippen LogP contribution in [0.25, 0.3) is 10.9 Å². The highest BCUT2D eigenvalue weighted by Crippen LogP contribution is 2.26. The van der Waals surface area contributed by atoms with Crippen molar-refractivity contribution in [1.29, 1.82) is 5.26 Å². The van der Waals surface area contributed by atoms with Crippen LogP contribution in [-0.4, -0.2) is 4.98 Å². The van der Waals surface area contributed by atoms with Gasteiger partial charge in [-0.25, -0.2) is 0 Å². The molecule has 1 N–H and O–H groups in total. The van der Waals surface area contributed by atoms with Crippen LogP contribution in [0.2, 0.25) is 0 Å². The normalized spacial score (nSPS) is 10.5. The number of H-pyrrole nitrogens is 1. The fourth-order valence-corrected chi connectivity index (χ4v) is 1.97. The lowest BCUT2D eigenvalue weighted by molar-refractivity contribution is 1.14. The molecule has 0 aliphatic carbocycles. The number of nitrogens with zero attached hydrogens (tertiary/aromatic N) is 1. The number of benzene rings is 1. The summed E-state index contributed by atoms with van der Waals surface area (Å²) in [7, 11) is 0. The van der Waals surface area contributed by atoms with Gasteiger partial charge in [0.25, 0.3) is 0 Å². The van der Waals surface area contributed by atoms with E-state index in [1.807, 2.05) is 12.1 Å². The fourth-order valence-electron chi connectivity index (χ4n) is 1.97. The van der Waals surface area contributed by atoms with Gasteiger partial charge in [-0.3, -0.25) is 0 Å². The molecule has 2 aromatic rings. The molecule has 15 heavy (non-hydrogen) atoms. The first-order valence-electron chi connectivity index (χ1n) is 5.19. The molecule has 0 spiro atoms. The number of aromatic nitrogens is 1. The Balaban J connectivity index is 2.88. The second kappa shape index (κ2) is 3.43. The van der Waals surface area contributed by atoms with Gasteiger partial charge in [0.1, 0.15) is 0 Å². The molecule has 0 saturated heterocycles. The monoisotopic (exact) mass is 198 g/mol. The molecular weight excluding hydrogens is 184 g/mol. The summed E-state index contributed by atoms with van der Waals surface area (Å²) in [6.07, 6.45) is 0.950. The average molecular weight is 198 g/mol. The standard InChI is InChI=1S/C13H14N2/c1-4-11-5-10(7-14)6-12-8(2)9(3)15-13(11)12/h5-6,15H,4H2,1-3H3. The molecule has 0 bridgehead atoms. The van der Waals surface area contributed by atoms with Gasteiger partial charge in [-0.2, -0.15) is 5.26 Å². The molecule has 1 aromatic carbocycles. The number of fused-ring (bicyclic) bond motifs is 1. The summed E-state index contributed by atoms with van der Waals surface area (Å²) >= 11 is 0. The van der Waals surface area contributed by atoms with Gasteiger partial charge in [0.15, 0.2) is 0 Å². The third kappa shape index (κ3) is 1.41. The molecule has 2 heteroatoms. The van der Waals surface area contributed by atoms with Crippen LogP contribution in [-0.2, 0) is 6.42 Å². The molecule has 0 saturated carbocycles. The number of aromatic amines is 1. The van der Waals surface area contributed by atoms with Gasteiger partial charge in [-0.15, -0.1) is 0 Å². The zero-order chi connectivity index (χ0) is 11.0. The summed E-state index contributed by atoms with van der Waals surface area (Å²) in [5, 5.41) is 10.1. The Labute approximate surface area is 89.5 Å². The van der Waals surface area contributed by atoms with E-state index in [2.05, 4.69) is 31.8 Å². The molecular formula is C13H14N2. The first-order valence-corrected chi connectivity index (χ1v) is 5.19. The highest BCUT2D eigenvalue weighted by molar-refractivity contribution is 5.88. The molecule has 2 rings (SSSR count). The minimum atomic E-state index is 0.751. The summed E-state index contributed by atoms with van der Waals surface area (Å²) in [4.78, 5) is 3.39. The SMILES string of the molecule is CCc1cc(C#N)cc2c(C)c(C)[nH]c12. The van der Waals surface area contributed by atoms with Crippen molar-refractivity contribution in [2.75, 3.05) is 0 Å². The predicted molar refractivity (Wildman–Crippen MR) is 61.9 cm³/mol.